The molecule has 3 aromatic rings. The summed E-state index contributed by atoms with van der Waals surface area (Å²) in [6.45, 7) is 5.69. The van der Waals surface area contributed by atoms with E-state index in [0.29, 0.717) is 6.42 Å². The van der Waals surface area contributed by atoms with Crippen molar-refractivity contribution >= 4 is 16.9 Å². The van der Waals surface area contributed by atoms with Crippen LogP contribution >= 0.6 is 0 Å². The number of fused-ring (bicyclic) bond motifs is 1. The first kappa shape index (κ1) is 17.8. The van der Waals surface area contributed by atoms with Crippen molar-refractivity contribution in [3.63, 3.8) is 0 Å². The molecule has 6 nitrogen and oxygen atoms in total. The zero-order valence-electron chi connectivity index (χ0n) is 16.3. The Hall–Kier alpha value is -2.63. The molecule has 1 fully saturated rings. The van der Waals surface area contributed by atoms with Gasteiger partial charge in [0.15, 0.2) is 0 Å². The highest BCUT2D eigenvalue weighted by Crippen LogP contribution is 2.27. The van der Waals surface area contributed by atoms with Crippen molar-refractivity contribution in [2.75, 3.05) is 13.1 Å². The topological polar surface area (TPSA) is 66.8 Å². The lowest BCUT2D eigenvalue weighted by molar-refractivity contribution is -0.132. The highest BCUT2D eigenvalue weighted by atomic mass is 16.2. The minimum Gasteiger partial charge on any atom is -0.342 e. The zero-order chi connectivity index (χ0) is 19.0. The van der Waals surface area contributed by atoms with Gasteiger partial charge >= 0.3 is 0 Å². The number of carbonyl (C=O) groups is 1. The third-order valence-electron chi connectivity index (χ3n) is 5.82. The second-order valence-corrected chi connectivity index (χ2v) is 7.59. The smallest absolute Gasteiger partial charge is 0.222 e. The van der Waals surface area contributed by atoms with E-state index < -0.39 is 0 Å². The molecule has 1 saturated heterocycles. The molecule has 3 heterocycles. The number of hydrogen-bond acceptors (Lipinski definition) is 3. The average Bonchev–Trinajstić information content (AvgIpc) is 3.21. The summed E-state index contributed by atoms with van der Waals surface area (Å²) in [5.74, 6) is 1.53. The molecule has 4 rings (SSSR count). The van der Waals surface area contributed by atoms with E-state index in [2.05, 4.69) is 23.1 Å². The molecule has 142 valence electrons. The number of likely N-dealkylation sites (tertiary alicyclic amines) is 1. The number of H-pyrrole nitrogens is 1. The summed E-state index contributed by atoms with van der Waals surface area (Å²) in [5, 5.41) is 4.45. The molecule has 0 spiro atoms. The van der Waals surface area contributed by atoms with Crippen LogP contribution < -0.4 is 0 Å². The number of amides is 1. The first-order chi connectivity index (χ1) is 13.0. The maximum Gasteiger partial charge on any atom is 0.222 e. The lowest BCUT2D eigenvalue weighted by Gasteiger charge is -2.32. The van der Waals surface area contributed by atoms with Gasteiger partial charge in [-0.05, 0) is 50.8 Å². The van der Waals surface area contributed by atoms with Crippen molar-refractivity contribution in [3.05, 3.63) is 47.0 Å². The predicted molar refractivity (Wildman–Crippen MR) is 106 cm³/mol. The van der Waals surface area contributed by atoms with Gasteiger partial charge in [0.05, 0.1) is 16.7 Å². The highest BCUT2D eigenvalue weighted by Gasteiger charge is 2.27. The van der Waals surface area contributed by atoms with E-state index in [1.165, 1.54) is 5.56 Å². The molecule has 0 bridgehead atoms. The minimum atomic E-state index is 0.235. The molecule has 1 aliphatic rings. The van der Waals surface area contributed by atoms with Crippen LogP contribution in [0.4, 0.5) is 0 Å². The summed E-state index contributed by atoms with van der Waals surface area (Å²) in [4.78, 5) is 23.0. The normalized spacial score (nSPS) is 17.6. The van der Waals surface area contributed by atoms with Crippen molar-refractivity contribution in [1.29, 1.82) is 0 Å². The Bertz CT molecular complexity index is 937. The zero-order valence-corrected chi connectivity index (χ0v) is 16.3. The van der Waals surface area contributed by atoms with E-state index in [1.54, 1.807) is 0 Å². The monoisotopic (exact) mass is 365 g/mol. The molecular formula is C21H27N5O. The molecule has 1 atom stereocenters. The Kier molecular flexibility index (Phi) is 4.72. The van der Waals surface area contributed by atoms with E-state index in [0.717, 1.165) is 60.6 Å². The van der Waals surface area contributed by atoms with E-state index in [4.69, 9.17) is 4.98 Å². The van der Waals surface area contributed by atoms with Gasteiger partial charge in [-0.25, -0.2) is 4.98 Å². The Morgan fingerprint density at radius 3 is 2.85 bits per heavy atom. The van der Waals surface area contributed by atoms with Crippen LogP contribution in [0, 0.1) is 13.8 Å². The quantitative estimate of drug-likeness (QED) is 0.772. The Labute approximate surface area is 159 Å². The number of para-hydroxylation sites is 2. The van der Waals surface area contributed by atoms with E-state index >= 15 is 0 Å². The standard InChI is InChI=1S/C21H27N5O/c1-14-17(15(2)25(3)24-14)10-11-20(27)26-12-6-7-16(13-26)21-22-18-8-4-5-9-19(18)23-21/h4-5,8-9,16H,6-7,10-13H2,1-3H3,(H,22,23)/t16-/m1/s1. The number of aryl methyl sites for hydroxylation is 2. The van der Waals surface area contributed by atoms with Crippen molar-refractivity contribution in [2.24, 2.45) is 7.05 Å². The average molecular weight is 365 g/mol. The van der Waals surface area contributed by atoms with Crippen LogP contribution in [0.2, 0.25) is 0 Å². The number of imidazole rings is 1. The van der Waals surface area contributed by atoms with Crippen LogP contribution in [0.15, 0.2) is 24.3 Å². The summed E-state index contributed by atoms with van der Waals surface area (Å²) in [5.41, 5.74) is 5.45. The van der Waals surface area contributed by atoms with Gasteiger partial charge in [0.2, 0.25) is 5.91 Å². The molecule has 0 unspecified atom stereocenters. The summed E-state index contributed by atoms with van der Waals surface area (Å²) in [6, 6.07) is 8.10. The third kappa shape index (κ3) is 3.48. The van der Waals surface area contributed by atoms with Gasteiger partial charge in [0, 0.05) is 38.2 Å². The summed E-state index contributed by atoms with van der Waals surface area (Å²) < 4.78 is 1.90. The molecule has 1 amide bonds. The number of aromatic nitrogens is 4. The molecule has 0 saturated carbocycles. The number of carbonyl (C=O) groups excluding carboxylic acids is 1. The summed E-state index contributed by atoms with van der Waals surface area (Å²) in [7, 11) is 1.95. The van der Waals surface area contributed by atoms with Crippen molar-refractivity contribution in [2.45, 2.75) is 45.4 Å². The van der Waals surface area contributed by atoms with Crippen LogP contribution in [0.5, 0.6) is 0 Å². The lowest BCUT2D eigenvalue weighted by Crippen LogP contribution is -2.39. The third-order valence-corrected chi connectivity index (χ3v) is 5.82. The summed E-state index contributed by atoms with van der Waals surface area (Å²) in [6.07, 6.45) is 3.40. The molecule has 2 aromatic heterocycles. The fraction of sp³-hybridized carbons (Fsp3) is 0.476. The fourth-order valence-corrected chi connectivity index (χ4v) is 4.16. The molecule has 0 radical (unpaired) electrons. The molecule has 1 aromatic carbocycles. The molecule has 1 aliphatic heterocycles. The number of rotatable bonds is 4. The van der Waals surface area contributed by atoms with Gasteiger partial charge in [-0.3, -0.25) is 9.48 Å². The van der Waals surface area contributed by atoms with Crippen LogP contribution in [-0.2, 0) is 18.3 Å². The molecule has 1 N–H and O–H groups in total. The second kappa shape index (κ2) is 7.18. The van der Waals surface area contributed by atoms with Gasteiger partial charge in [0.25, 0.3) is 0 Å². The van der Waals surface area contributed by atoms with Gasteiger partial charge in [-0.15, -0.1) is 0 Å². The predicted octanol–water partition coefficient (Wildman–Crippen LogP) is 3.25. The fourth-order valence-electron chi connectivity index (χ4n) is 4.16. The van der Waals surface area contributed by atoms with Gasteiger partial charge in [-0.1, -0.05) is 12.1 Å². The maximum atomic E-state index is 12.8. The van der Waals surface area contributed by atoms with Crippen LogP contribution in [0.25, 0.3) is 11.0 Å². The lowest BCUT2D eigenvalue weighted by atomic mass is 9.96. The SMILES string of the molecule is Cc1nn(C)c(C)c1CCC(=O)N1CCC[C@@H](c2nc3ccccc3[nH]2)C1. The van der Waals surface area contributed by atoms with Gasteiger partial charge in [-0.2, -0.15) is 5.10 Å². The van der Waals surface area contributed by atoms with Crippen molar-refractivity contribution < 1.29 is 4.79 Å². The first-order valence-electron chi connectivity index (χ1n) is 9.74. The molecule has 0 aliphatic carbocycles. The molecule has 6 heteroatoms. The second-order valence-electron chi connectivity index (χ2n) is 7.59. The molecular weight excluding hydrogens is 338 g/mol. The Balaban J connectivity index is 1.42. The van der Waals surface area contributed by atoms with Gasteiger partial charge < -0.3 is 9.88 Å². The Morgan fingerprint density at radius 2 is 2.11 bits per heavy atom. The van der Waals surface area contributed by atoms with E-state index in [9.17, 15) is 4.79 Å². The number of piperidine rings is 1. The van der Waals surface area contributed by atoms with Crippen molar-refractivity contribution in [3.8, 4) is 0 Å². The van der Waals surface area contributed by atoms with Crippen LogP contribution in [0.1, 0.15) is 48.0 Å². The van der Waals surface area contributed by atoms with Gasteiger partial charge in [0.1, 0.15) is 5.82 Å². The minimum absolute atomic E-state index is 0.235. The van der Waals surface area contributed by atoms with E-state index in [1.807, 2.05) is 41.8 Å². The highest BCUT2D eigenvalue weighted by molar-refractivity contribution is 5.77. The summed E-state index contributed by atoms with van der Waals surface area (Å²) >= 11 is 0. The number of nitrogens with one attached hydrogen (secondary N) is 1. The maximum absolute atomic E-state index is 12.8. The molecule has 27 heavy (non-hydrogen) atoms. The van der Waals surface area contributed by atoms with Crippen molar-refractivity contribution in [1.82, 2.24) is 24.6 Å². The number of aromatic amines is 1. The number of benzene rings is 1. The Morgan fingerprint density at radius 1 is 1.30 bits per heavy atom. The van der Waals surface area contributed by atoms with Crippen LogP contribution in [-0.4, -0.2) is 43.6 Å². The first-order valence-corrected chi connectivity index (χ1v) is 9.74. The largest absolute Gasteiger partial charge is 0.342 e. The number of nitrogens with zero attached hydrogens (tertiary/aromatic N) is 4. The van der Waals surface area contributed by atoms with E-state index in [-0.39, 0.29) is 11.8 Å². The number of hydrogen-bond donors (Lipinski definition) is 1. The van der Waals surface area contributed by atoms with Crippen LogP contribution in [0.3, 0.4) is 0 Å².